The summed E-state index contributed by atoms with van der Waals surface area (Å²) < 4.78 is 6.32. The molecule has 0 bridgehead atoms. The van der Waals surface area contributed by atoms with Gasteiger partial charge in [0.15, 0.2) is 13.9 Å². The van der Waals surface area contributed by atoms with Crippen molar-refractivity contribution < 1.29 is 14.3 Å². The lowest BCUT2D eigenvalue weighted by atomic mass is 9.84. The van der Waals surface area contributed by atoms with Gasteiger partial charge in [-0.1, -0.05) is 39.3 Å². The molecule has 0 spiro atoms. The SMILES string of the molecule is C=C[C@@H](C)[C@](CC(=C)C)(O[Si](C)(C)C(C)(C)C)C(=O)O. The lowest BCUT2D eigenvalue weighted by Crippen LogP contribution is -2.56. The fourth-order valence-electron chi connectivity index (χ4n) is 1.85. The first-order chi connectivity index (χ1) is 8.80. The van der Waals surface area contributed by atoms with Crippen molar-refractivity contribution >= 4 is 14.3 Å². The van der Waals surface area contributed by atoms with Gasteiger partial charge in [-0.15, -0.1) is 13.2 Å². The fourth-order valence-corrected chi connectivity index (χ4v) is 3.41. The Bertz CT molecular complexity index is 393. The van der Waals surface area contributed by atoms with Crippen LogP contribution in [-0.4, -0.2) is 25.0 Å². The molecule has 0 rings (SSSR count). The third-order valence-electron chi connectivity index (χ3n) is 4.26. The topological polar surface area (TPSA) is 46.5 Å². The summed E-state index contributed by atoms with van der Waals surface area (Å²) in [5.41, 5.74) is -0.462. The first-order valence-corrected chi connectivity index (χ1v) is 9.91. The summed E-state index contributed by atoms with van der Waals surface area (Å²) in [6.45, 7) is 21.7. The number of hydrogen-bond acceptors (Lipinski definition) is 2. The van der Waals surface area contributed by atoms with Gasteiger partial charge in [-0.25, -0.2) is 4.79 Å². The van der Waals surface area contributed by atoms with Gasteiger partial charge in [0.05, 0.1) is 0 Å². The quantitative estimate of drug-likeness (QED) is 0.551. The van der Waals surface area contributed by atoms with Crippen molar-refractivity contribution in [3.05, 3.63) is 24.8 Å². The van der Waals surface area contributed by atoms with Crippen LogP contribution in [0.5, 0.6) is 0 Å². The number of carbonyl (C=O) groups is 1. The van der Waals surface area contributed by atoms with Crippen LogP contribution in [0.25, 0.3) is 0 Å². The Hall–Kier alpha value is -0.873. The zero-order valence-corrected chi connectivity index (χ0v) is 15.0. The second kappa shape index (κ2) is 6.27. The molecular weight excluding hydrogens is 268 g/mol. The van der Waals surface area contributed by atoms with Crippen molar-refractivity contribution in [3.63, 3.8) is 0 Å². The highest BCUT2D eigenvalue weighted by molar-refractivity contribution is 6.74. The van der Waals surface area contributed by atoms with E-state index in [4.69, 9.17) is 4.43 Å². The van der Waals surface area contributed by atoms with E-state index in [2.05, 4.69) is 47.0 Å². The molecule has 0 aliphatic heterocycles. The zero-order valence-electron chi connectivity index (χ0n) is 14.0. The minimum Gasteiger partial charge on any atom is -0.479 e. The molecule has 0 amide bonds. The van der Waals surface area contributed by atoms with Crippen LogP contribution < -0.4 is 0 Å². The Morgan fingerprint density at radius 3 is 2.10 bits per heavy atom. The molecule has 0 radical (unpaired) electrons. The van der Waals surface area contributed by atoms with Gasteiger partial charge >= 0.3 is 5.97 Å². The molecule has 0 unspecified atom stereocenters. The first-order valence-electron chi connectivity index (χ1n) is 7.00. The van der Waals surface area contributed by atoms with Gasteiger partial charge in [-0.05, 0) is 25.1 Å². The highest BCUT2D eigenvalue weighted by atomic mass is 28.4. The van der Waals surface area contributed by atoms with Crippen molar-refractivity contribution in [2.75, 3.05) is 0 Å². The van der Waals surface area contributed by atoms with Crippen LogP contribution in [0.2, 0.25) is 18.1 Å². The fraction of sp³-hybridized carbons (Fsp3) is 0.688. The number of rotatable bonds is 7. The molecule has 20 heavy (non-hydrogen) atoms. The summed E-state index contributed by atoms with van der Waals surface area (Å²) in [6, 6.07) is 0. The van der Waals surface area contributed by atoms with Crippen molar-refractivity contribution in [3.8, 4) is 0 Å². The standard InChI is InChI=1S/C16H30O3Si/c1-10-13(4)16(14(17)18,11-12(2)3)19-20(8,9)15(5,6)7/h10,13H,1-2,11H2,3-9H3,(H,17,18)/t13-,16+/m1/s1. The third-order valence-corrected chi connectivity index (χ3v) is 8.75. The molecule has 3 nitrogen and oxygen atoms in total. The first kappa shape index (κ1) is 19.1. The number of carboxylic acid groups (broad SMARTS) is 1. The molecule has 0 aromatic rings. The van der Waals surface area contributed by atoms with Crippen LogP contribution in [0.1, 0.15) is 41.0 Å². The van der Waals surface area contributed by atoms with Crippen molar-refractivity contribution in [1.29, 1.82) is 0 Å². The van der Waals surface area contributed by atoms with E-state index in [-0.39, 0.29) is 11.0 Å². The van der Waals surface area contributed by atoms with Gasteiger partial charge < -0.3 is 9.53 Å². The third kappa shape index (κ3) is 4.06. The molecule has 0 fully saturated rings. The smallest absolute Gasteiger partial charge is 0.335 e. The van der Waals surface area contributed by atoms with Crippen LogP contribution in [0.15, 0.2) is 24.8 Å². The van der Waals surface area contributed by atoms with Crippen LogP contribution in [-0.2, 0) is 9.22 Å². The molecular formula is C16H30O3Si. The minimum atomic E-state index is -2.22. The van der Waals surface area contributed by atoms with E-state index in [1.54, 1.807) is 6.08 Å². The number of hydrogen-bond donors (Lipinski definition) is 1. The van der Waals surface area contributed by atoms with E-state index in [1.165, 1.54) is 0 Å². The molecule has 0 saturated heterocycles. The van der Waals surface area contributed by atoms with Gasteiger partial charge in [0.2, 0.25) is 0 Å². The lowest BCUT2D eigenvalue weighted by molar-refractivity contribution is -0.160. The van der Waals surface area contributed by atoms with Crippen LogP contribution in [0.4, 0.5) is 0 Å². The van der Waals surface area contributed by atoms with Gasteiger partial charge in [-0.3, -0.25) is 0 Å². The summed E-state index contributed by atoms with van der Waals surface area (Å²) in [4.78, 5) is 12.0. The Morgan fingerprint density at radius 1 is 1.40 bits per heavy atom. The molecule has 0 heterocycles. The van der Waals surface area contributed by atoms with Crippen molar-refractivity contribution in [1.82, 2.24) is 0 Å². The van der Waals surface area contributed by atoms with Gasteiger partial charge in [-0.2, -0.15) is 0 Å². The lowest BCUT2D eigenvalue weighted by Gasteiger charge is -2.45. The Balaban J connectivity index is 5.81. The second-order valence-electron chi connectivity index (χ2n) is 7.22. The monoisotopic (exact) mass is 298 g/mol. The molecule has 116 valence electrons. The average Bonchev–Trinajstić information content (AvgIpc) is 2.23. The van der Waals surface area contributed by atoms with E-state index in [0.29, 0.717) is 6.42 Å². The average molecular weight is 298 g/mol. The van der Waals surface area contributed by atoms with E-state index in [0.717, 1.165) is 5.57 Å². The maximum absolute atomic E-state index is 12.0. The molecule has 0 saturated carbocycles. The number of carboxylic acids is 1. The molecule has 4 heteroatoms. The van der Waals surface area contributed by atoms with E-state index in [9.17, 15) is 9.90 Å². The maximum Gasteiger partial charge on any atom is 0.335 e. The van der Waals surface area contributed by atoms with Crippen molar-refractivity contribution in [2.24, 2.45) is 5.92 Å². The maximum atomic E-state index is 12.0. The second-order valence-corrected chi connectivity index (χ2v) is 11.9. The molecule has 1 N–H and O–H groups in total. The highest BCUT2D eigenvalue weighted by Crippen LogP contribution is 2.43. The van der Waals surface area contributed by atoms with Gasteiger partial charge in [0.25, 0.3) is 0 Å². The van der Waals surface area contributed by atoms with Crippen molar-refractivity contribution in [2.45, 2.75) is 64.8 Å². The minimum absolute atomic E-state index is 0.0519. The Kier molecular flexibility index (Phi) is 5.99. The van der Waals surface area contributed by atoms with Gasteiger partial charge in [0.1, 0.15) is 0 Å². The zero-order chi connectivity index (χ0) is 16.4. The van der Waals surface area contributed by atoms with Crippen LogP contribution >= 0.6 is 0 Å². The molecule has 0 aromatic carbocycles. The molecule has 2 atom stereocenters. The highest BCUT2D eigenvalue weighted by Gasteiger charge is 2.51. The van der Waals surface area contributed by atoms with E-state index >= 15 is 0 Å². The summed E-state index contributed by atoms with van der Waals surface area (Å²) in [6.07, 6.45) is 1.96. The predicted molar refractivity (Wildman–Crippen MR) is 87.4 cm³/mol. The van der Waals surface area contributed by atoms with Crippen LogP contribution in [0.3, 0.4) is 0 Å². The van der Waals surface area contributed by atoms with E-state index in [1.807, 2.05) is 13.8 Å². The molecule has 0 aromatic heterocycles. The van der Waals surface area contributed by atoms with E-state index < -0.39 is 19.9 Å². The normalized spacial score (nSPS) is 17.1. The largest absolute Gasteiger partial charge is 0.479 e. The predicted octanol–water partition coefficient (Wildman–Crippen LogP) is 4.62. The summed E-state index contributed by atoms with van der Waals surface area (Å²) in [5.74, 6) is -1.22. The molecule has 0 aliphatic rings. The number of aliphatic carboxylic acids is 1. The molecule has 0 aliphatic carbocycles. The van der Waals surface area contributed by atoms with Crippen LogP contribution in [0, 0.1) is 5.92 Å². The van der Waals surface area contributed by atoms with Gasteiger partial charge in [0, 0.05) is 12.3 Å². The Morgan fingerprint density at radius 2 is 1.85 bits per heavy atom. The Labute approximate surface area is 124 Å². The summed E-state index contributed by atoms with van der Waals surface area (Å²) in [7, 11) is -2.22. The summed E-state index contributed by atoms with van der Waals surface area (Å²) >= 11 is 0. The summed E-state index contributed by atoms with van der Waals surface area (Å²) in [5, 5.41) is 9.76.